The second kappa shape index (κ2) is 16.0. The Labute approximate surface area is 314 Å². The quantitative estimate of drug-likeness (QED) is 0.129. The molecule has 2 heterocycles. The zero-order valence-corrected chi connectivity index (χ0v) is 32.6. The van der Waals surface area contributed by atoms with Gasteiger partial charge in [0.05, 0.1) is 49.3 Å². The molecule has 0 radical (unpaired) electrons. The van der Waals surface area contributed by atoms with Crippen LogP contribution in [0.1, 0.15) is 86.0 Å². The van der Waals surface area contributed by atoms with Crippen LogP contribution < -0.4 is 0 Å². The summed E-state index contributed by atoms with van der Waals surface area (Å²) < 4.78 is 34.8. The Hall–Kier alpha value is -0.560. The summed E-state index contributed by atoms with van der Waals surface area (Å²) in [6, 6.07) is 0. The molecule has 6 aliphatic rings. The molecule has 2 aliphatic heterocycles. The zero-order chi connectivity index (χ0) is 38.8. The lowest BCUT2D eigenvalue weighted by atomic mass is 9.41. The van der Waals surface area contributed by atoms with Gasteiger partial charge in [-0.1, -0.05) is 34.6 Å². The normalized spacial score (nSPS) is 52.5. The van der Waals surface area contributed by atoms with E-state index in [4.69, 9.17) is 28.4 Å². The molecule has 308 valence electrons. The fraction of sp³-hybridized carbons (Fsp3) is 1.00. The number of aliphatic hydroxyl groups is 8. The van der Waals surface area contributed by atoms with Gasteiger partial charge in [0.1, 0.15) is 36.6 Å². The van der Waals surface area contributed by atoms with Gasteiger partial charge >= 0.3 is 0 Å². The van der Waals surface area contributed by atoms with Gasteiger partial charge in [0.25, 0.3) is 0 Å². The van der Waals surface area contributed by atoms with Gasteiger partial charge in [-0.15, -0.1) is 0 Å². The molecule has 4 saturated carbocycles. The molecule has 14 nitrogen and oxygen atoms in total. The van der Waals surface area contributed by atoms with Crippen molar-refractivity contribution < 1.29 is 69.3 Å². The second-order valence-electron chi connectivity index (χ2n) is 18.3. The largest absolute Gasteiger partial charge is 0.394 e. The van der Waals surface area contributed by atoms with E-state index in [1.54, 1.807) is 0 Å². The standard InChI is InChI=1S/C39H68O14/c1-18(2)23(51-35-32(46)30(44)25(16-40)53-35)9-8-19(3)20-14-21(41)34-37(20,4)13-11-27-38(5)12-10-24(29(43)28(38)22(42)15-39(27,34)47)52-36-33(49-7)31(45)26(48-6)17-50-36/h18-36,40-47H,8-17H2,1-7H3/t19-,20-,21+,22-,23+,24+,25?,26?,27?,28?,29+,30?,31?,32?,33?,34?,35?,36?,37-,38-,39+/m1/s1. The molecule has 53 heavy (non-hydrogen) atoms. The van der Waals surface area contributed by atoms with E-state index in [9.17, 15) is 40.9 Å². The van der Waals surface area contributed by atoms with Crippen LogP contribution >= 0.6 is 0 Å². The summed E-state index contributed by atoms with van der Waals surface area (Å²) in [7, 11) is 2.95. The first-order chi connectivity index (χ1) is 25.0. The van der Waals surface area contributed by atoms with E-state index in [0.717, 1.165) is 12.8 Å². The Bertz CT molecular complexity index is 1230. The van der Waals surface area contributed by atoms with Crippen LogP contribution in [0.4, 0.5) is 0 Å². The lowest BCUT2D eigenvalue weighted by molar-refractivity contribution is -0.321. The summed E-state index contributed by atoms with van der Waals surface area (Å²) >= 11 is 0. The summed E-state index contributed by atoms with van der Waals surface area (Å²) in [4.78, 5) is 0. The third kappa shape index (κ3) is 7.17. The molecule has 8 N–H and O–H groups in total. The summed E-state index contributed by atoms with van der Waals surface area (Å²) in [5.74, 6) is -0.923. The van der Waals surface area contributed by atoms with Crippen LogP contribution in [-0.4, -0.2) is 154 Å². The van der Waals surface area contributed by atoms with Gasteiger partial charge in [-0.05, 0) is 79.4 Å². The van der Waals surface area contributed by atoms with Crippen LogP contribution in [0.25, 0.3) is 0 Å². The van der Waals surface area contributed by atoms with E-state index in [1.165, 1.54) is 14.2 Å². The Balaban J connectivity index is 1.14. The molecule has 14 heteroatoms. The Kier molecular flexibility index (Phi) is 12.7. The lowest BCUT2D eigenvalue weighted by Crippen LogP contribution is -2.71. The predicted octanol–water partition coefficient (Wildman–Crippen LogP) is 0.702. The first-order valence-corrected chi connectivity index (χ1v) is 20.0. The van der Waals surface area contributed by atoms with Crippen molar-refractivity contribution in [2.75, 3.05) is 27.4 Å². The van der Waals surface area contributed by atoms with Crippen molar-refractivity contribution in [2.45, 2.75) is 171 Å². The van der Waals surface area contributed by atoms with E-state index in [1.807, 2.05) is 13.8 Å². The van der Waals surface area contributed by atoms with Crippen LogP contribution in [0, 0.1) is 46.3 Å². The highest BCUT2D eigenvalue weighted by atomic mass is 16.7. The van der Waals surface area contributed by atoms with Gasteiger partial charge < -0.3 is 69.3 Å². The minimum absolute atomic E-state index is 0.0443. The number of methoxy groups -OCH3 is 2. The van der Waals surface area contributed by atoms with Gasteiger partial charge in [-0.25, -0.2) is 0 Å². The van der Waals surface area contributed by atoms with E-state index in [2.05, 4.69) is 20.8 Å². The van der Waals surface area contributed by atoms with Crippen molar-refractivity contribution in [3.8, 4) is 0 Å². The van der Waals surface area contributed by atoms with Gasteiger partial charge in [0.2, 0.25) is 0 Å². The maximum atomic E-state index is 12.9. The highest BCUT2D eigenvalue weighted by Gasteiger charge is 2.72. The van der Waals surface area contributed by atoms with Crippen LogP contribution in [-0.2, 0) is 28.4 Å². The molecule has 0 aromatic heterocycles. The molecule has 0 aromatic rings. The monoisotopic (exact) mass is 760 g/mol. The molecule has 2 saturated heterocycles. The average Bonchev–Trinajstić information content (AvgIpc) is 3.54. The fourth-order valence-electron chi connectivity index (χ4n) is 12.5. The molecule has 6 rings (SSSR count). The first kappa shape index (κ1) is 42.1. The van der Waals surface area contributed by atoms with Crippen molar-refractivity contribution in [1.82, 2.24) is 0 Å². The molecule has 4 aliphatic carbocycles. The van der Waals surface area contributed by atoms with Gasteiger partial charge in [0, 0.05) is 32.5 Å². The Morgan fingerprint density at radius 3 is 2.11 bits per heavy atom. The molecule has 11 unspecified atom stereocenters. The zero-order valence-electron chi connectivity index (χ0n) is 32.6. The molecular weight excluding hydrogens is 692 g/mol. The van der Waals surface area contributed by atoms with Crippen LogP contribution in [0.5, 0.6) is 0 Å². The molecule has 0 aromatic carbocycles. The minimum Gasteiger partial charge on any atom is -0.394 e. The Morgan fingerprint density at radius 2 is 1.49 bits per heavy atom. The lowest BCUT2D eigenvalue weighted by Gasteiger charge is -2.66. The number of hydrogen-bond donors (Lipinski definition) is 8. The van der Waals surface area contributed by atoms with E-state index in [0.29, 0.717) is 32.1 Å². The number of aliphatic hydroxyl groups excluding tert-OH is 7. The van der Waals surface area contributed by atoms with Crippen molar-refractivity contribution in [3.63, 3.8) is 0 Å². The maximum absolute atomic E-state index is 12.9. The molecule has 0 amide bonds. The summed E-state index contributed by atoms with van der Waals surface area (Å²) in [5, 5.41) is 89.4. The summed E-state index contributed by atoms with van der Waals surface area (Å²) in [6.07, 6.45) is -6.97. The van der Waals surface area contributed by atoms with E-state index in [-0.39, 0.29) is 42.8 Å². The second-order valence-corrected chi connectivity index (χ2v) is 18.3. The van der Waals surface area contributed by atoms with Crippen molar-refractivity contribution in [3.05, 3.63) is 0 Å². The van der Waals surface area contributed by atoms with Gasteiger partial charge in [-0.3, -0.25) is 0 Å². The number of ether oxygens (including phenoxy) is 6. The summed E-state index contributed by atoms with van der Waals surface area (Å²) in [6.45, 7) is 10.2. The topological polar surface area (TPSA) is 217 Å². The smallest absolute Gasteiger partial charge is 0.186 e. The van der Waals surface area contributed by atoms with Crippen molar-refractivity contribution in [2.24, 2.45) is 46.3 Å². The number of fused-ring (bicyclic) bond motifs is 5. The number of rotatable bonds is 12. The van der Waals surface area contributed by atoms with E-state index >= 15 is 0 Å². The highest BCUT2D eigenvalue weighted by Crippen LogP contribution is 2.70. The SMILES string of the molecule is COC1COC(O[C@H]2CC[C@@]3(C)C([C@H](O)C[C@]4(O)C3CC[C@@]3(C)C4[C@@H](O)C[C@@H]3[C@H](C)CC[C@H](OC3OC(CO)C(O)C3O)C(C)C)[C@H]2O)C(OC)C1O. The third-order valence-electron chi connectivity index (χ3n) is 15.2. The van der Waals surface area contributed by atoms with Crippen LogP contribution in [0.15, 0.2) is 0 Å². The highest BCUT2D eigenvalue weighted by molar-refractivity contribution is 5.21. The van der Waals surface area contributed by atoms with Gasteiger partial charge in [-0.2, -0.15) is 0 Å². The third-order valence-corrected chi connectivity index (χ3v) is 15.2. The minimum atomic E-state index is -1.34. The molecule has 21 atom stereocenters. The van der Waals surface area contributed by atoms with Crippen LogP contribution in [0.3, 0.4) is 0 Å². The summed E-state index contributed by atoms with van der Waals surface area (Å²) in [5.41, 5.74) is -2.35. The maximum Gasteiger partial charge on any atom is 0.186 e. The molecule has 6 fully saturated rings. The van der Waals surface area contributed by atoms with Crippen LogP contribution in [0.2, 0.25) is 0 Å². The number of hydrogen-bond acceptors (Lipinski definition) is 14. The fourth-order valence-corrected chi connectivity index (χ4v) is 12.5. The molecule has 0 spiro atoms. The first-order valence-electron chi connectivity index (χ1n) is 20.0. The molecular formula is C39H68O14. The van der Waals surface area contributed by atoms with Crippen molar-refractivity contribution in [1.29, 1.82) is 0 Å². The van der Waals surface area contributed by atoms with Crippen molar-refractivity contribution >= 4 is 0 Å². The van der Waals surface area contributed by atoms with E-state index < -0.39 is 108 Å². The predicted molar refractivity (Wildman–Crippen MR) is 189 cm³/mol. The Morgan fingerprint density at radius 1 is 0.792 bits per heavy atom. The average molecular weight is 761 g/mol. The van der Waals surface area contributed by atoms with Gasteiger partial charge in [0.15, 0.2) is 12.6 Å². The molecule has 0 bridgehead atoms.